The van der Waals surface area contributed by atoms with Crippen molar-refractivity contribution in [2.45, 2.75) is 54.6 Å². The summed E-state index contributed by atoms with van der Waals surface area (Å²) in [6, 6.07) is 52.9. The van der Waals surface area contributed by atoms with Crippen molar-refractivity contribution in [2.24, 2.45) is 0 Å². The minimum atomic E-state index is 0. The molecular weight excluding hydrogens is 720 g/mol. The van der Waals surface area contributed by atoms with Crippen molar-refractivity contribution in [2.75, 3.05) is 0 Å². The SMILES string of the molecule is C[Si]C.Cc1cc(C)c(C)c(-c2cccc3[cH-]c(-c4ccccc4)cc23)c1.Cc1cc(C)c(C)c(-c2cccc3[cH-]c(-c4ccccc4)cc23)c1.[Zr+2]. The van der Waals surface area contributed by atoms with Gasteiger partial charge in [0.15, 0.2) is 0 Å². The van der Waals surface area contributed by atoms with E-state index in [2.05, 4.69) is 200 Å². The second-order valence-electron chi connectivity index (χ2n) is 13.8. The molecule has 0 atom stereocenters. The number of fused-ring (bicyclic) bond motifs is 2. The monoisotopic (exact) mass is 766 g/mol. The van der Waals surface area contributed by atoms with E-state index in [-0.39, 0.29) is 26.2 Å². The molecule has 0 spiro atoms. The first kappa shape index (κ1) is 38.9. The normalized spacial score (nSPS) is 10.6. The summed E-state index contributed by atoms with van der Waals surface area (Å²) in [6.07, 6.45) is 0. The van der Waals surface area contributed by atoms with Crippen molar-refractivity contribution in [1.82, 2.24) is 0 Å². The number of hydrogen-bond donors (Lipinski definition) is 0. The van der Waals surface area contributed by atoms with Crippen LogP contribution in [0.2, 0.25) is 13.1 Å². The third-order valence-electron chi connectivity index (χ3n) is 9.92. The van der Waals surface area contributed by atoms with Gasteiger partial charge in [0, 0.05) is 9.52 Å². The quantitative estimate of drug-likeness (QED) is 0.124. The van der Waals surface area contributed by atoms with Crippen molar-refractivity contribution in [3.8, 4) is 44.5 Å². The minimum Gasteiger partial charge on any atom is -0.144 e. The summed E-state index contributed by atoms with van der Waals surface area (Å²) in [5.74, 6) is 0. The van der Waals surface area contributed by atoms with Gasteiger partial charge in [0.2, 0.25) is 0 Å². The minimum absolute atomic E-state index is 0. The predicted octanol–water partition coefficient (Wildman–Crippen LogP) is 14.4. The van der Waals surface area contributed by atoms with Gasteiger partial charge in [-0.05, 0) is 74.9 Å². The standard InChI is InChI=1S/2C24H21.C2H6Si.Zr/c2*1-16-12-17(2)18(3)23(13-16)22-11-7-10-20-14-21(15-24(20)22)19-8-5-4-6-9-19;1-3-2;/h2*4-15H,1-3H3;1-2H3;/q2*-1;;+2. The molecular formula is C50H48SiZr. The number of aryl methyl sites for hydroxylation is 4. The zero-order valence-electron chi connectivity index (χ0n) is 31.9. The van der Waals surface area contributed by atoms with Crippen LogP contribution < -0.4 is 0 Å². The molecule has 0 saturated carbocycles. The van der Waals surface area contributed by atoms with E-state index in [1.54, 1.807) is 0 Å². The summed E-state index contributed by atoms with van der Waals surface area (Å²) >= 11 is 0. The molecule has 0 amide bonds. The van der Waals surface area contributed by atoms with Crippen LogP contribution in [0.25, 0.3) is 66.1 Å². The Hall–Kier alpha value is -4.36. The molecule has 0 saturated heterocycles. The molecule has 0 aliphatic heterocycles. The maximum atomic E-state index is 2.33. The van der Waals surface area contributed by atoms with Crippen LogP contribution in [0.3, 0.4) is 0 Å². The molecule has 0 aliphatic rings. The van der Waals surface area contributed by atoms with E-state index < -0.39 is 0 Å². The molecule has 0 N–H and O–H groups in total. The Labute approximate surface area is 333 Å². The van der Waals surface area contributed by atoms with Crippen LogP contribution in [0.15, 0.2) is 146 Å². The summed E-state index contributed by atoms with van der Waals surface area (Å²) in [5.41, 5.74) is 18.6. The van der Waals surface area contributed by atoms with Crippen molar-refractivity contribution in [3.05, 3.63) is 179 Å². The zero-order chi connectivity index (χ0) is 36.1. The van der Waals surface area contributed by atoms with Crippen LogP contribution >= 0.6 is 0 Å². The van der Waals surface area contributed by atoms with E-state index in [0.29, 0.717) is 0 Å². The van der Waals surface area contributed by atoms with Gasteiger partial charge in [0.25, 0.3) is 0 Å². The number of hydrogen-bond acceptors (Lipinski definition) is 0. The molecule has 0 fully saturated rings. The second kappa shape index (κ2) is 17.4. The Bertz CT molecular complexity index is 2240. The molecule has 0 bridgehead atoms. The molecule has 2 heteroatoms. The molecule has 0 nitrogen and oxygen atoms in total. The first-order chi connectivity index (χ1) is 24.7. The fourth-order valence-electron chi connectivity index (χ4n) is 7.17. The van der Waals surface area contributed by atoms with Gasteiger partial charge in [-0.25, -0.2) is 0 Å². The summed E-state index contributed by atoms with van der Waals surface area (Å²) in [6.45, 7) is 17.5. The molecule has 0 unspecified atom stereocenters. The van der Waals surface area contributed by atoms with Crippen molar-refractivity contribution >= 4 is 31.1 Å². The largest absolute Gasteiger partial charge is 2.00 e. The molecule has 256 valence electrons. The first-order valence-electron chi connectivity index (χ1n) is 17.9. The maximum absolute atomic E-state index is 2.33. The predicted molar refractivity (Wildman–Crippen MR) is 227 cm³/mol. The average Bonchev–Trinajstić information content (AvgIpc) is 3.78. The van der Waals surface area contributed by atoms with Crippen LogP contribution in [0.1, 0.15) is 33.4 Å². The van der Waals surface area contributed by atoms with E-state index in [1.165, 1.54) is 99.4 Å². The van der Waals surface area contributed by atoms with Crippen LogP contribution in [0.4, 0.5) is 0 Å². The van der Waals surface area contributed by atoms with Crippen LogP contribution in [0, 0.1) is 41.5 Å². The maximum Gasteiger partial charge on any atom is 2.00 e. The van der Waals surface area contributed by atoms with Gasteiger partial charge >= 0.3 is 26.2 Å². The average molecular weight is 768 g/mol. The molecule has 0 heterocycles. The van der Waals surface area contributed by atoms with Gasteiger partial charge in [0.1, 0.15) is 0 Å². The van der Waals surface area contributed by atoms with Crippen molar-refractivity contribution in [3.63, 3.8) is 0 Å². The van der Waals surface area contributed by atoms with Gasteiger partial charge in [0.05, 0.1) is 0 Å². The van der Waals surface area contributed by atoms with Crippen molar-refractivity contribution < 1.29 is 26.2 Å². The molecule has 0 aliphatic carbocycles. The summed E-state index contributed by atoms with van der Waals surface area (Å²) in [5, 5.41) is 5.30. The third kappa shape index (κ3) is 8.47. The number of benzene rings is 6. The fraction of sp³-hybridized carbons (Fsp3) is 0.160. The van der Waals surface area contributed by atoms with Crippen LogP contribution in [-0.2, 0) is 26.2 Å². The smallest absolute Gasteiger partial charge is 0.144 e. The Balaban J connectivity index is 0.000000184. The van der Waals surface area contributed by atoms with Gasteiger partial charge in [-0.1, -0.05) is 156 Å². The number of rotatable bonds is 4. The van der Waals surface area contributed by atoms with Gasteiger partial charge in [-0.3, -0.25) is 0 Å². The van der Waals surface area contributed by atoms with Crippen molar-refractivity contribution in [1.29, 1.82) is 0 Å². The molecule has 52 heavy (non-hydrogen) atoms. The zero-order valence-corrected chi connectivity index (χ0v) is 35.3. The molecule has 8 aromatic carbocycles. The summed E-state index contributed by atoms with van der Waals surface area (Å²) < 4.78 is 0. The Morgan fingerprint density at radius 1 is 0.404 bits per heavy atom. The molecule has 8 aromatic rings. The van der Waals surface area contributed by atoms with E-state index in [0.717, 1.165) is 9.52 Å². The Kier molecular flexibility index (Phi) is 13.0. The van der Waals surface area contributed by atoms with Gasteiger partial charge < -0.3 is 0 Å². The first-order valence-corrected chi connectivity index (χ1v) is 19.9. The fourth-order valence-corrected chi connectivity index (χ4v) is 7.17. The third-order valence-corrected chi connectivity index (χ3v) is 9.92. The molecule has 2 radical (unpaired) electrons. The van der Waals surface area contributed by atoms with Crippen LogP contribution in [-0.4, -0.2) is 9.52 Å². The topological polar surface area (TPSA) is 0 Å². The van der Waals surface area contributed by atoms with E-state index >= 15 is 0 Å². The van der Waals surface area contributed by atoms with Crippen LogP contribution in [0.5, 0.6) is 0 Å². The molecule has 0 aromatic heterocycles. The Morgan fingerprint density at radius 2 is 0.769 bits per heavy atom. The molecule has 8 rings (SSSR count). The summed E-state index contributed by atoms with van der Waals surface area (Å²) in [7, 11) is 1.08. The second-order valence-corrected chi connectivity index (χ2v) is 14.8. The summed E-state index contributed by atoms with van der Waals surface area (Å²) in [4.78, 5) is 0. The van der Waals surface area contributed by atoms with Gasteiger partial charge in [-0.15, -0.1) is 69.1 Å². The van der Waals surface area contributed by atoms with E-state index in [9.17, 15) is 0 Å². The van der Waals surface area contributed by atoms with E-state index in [4.69, 9.17) is 0 Å². The Morgan fingerprint density at radius 3 is 1.13 bits per heavy atom. The van der Waals surface area contributed by atoms with E-state index in [1.807, 2.05) is 0 Å². The van der Waals surface area contributed by atoms with Gasteiger partial charge in [-0.2, -0.15) is 0 Å².